The zero-order valence-corrected chi connectivity index (χ0v) is 15.7. The Morgan fingerprint density at radius 1 is 1.50 bits per heavy atom. The molecule has 144 valence electrons. The highest BCUT2D eigenvalue weighted by atomic mass is 31.2. The molecular formula is C15H22N4O6P-. The summed E-state index contributed by atoms with van der Waals surface area (Å²) in [6, 6.07) is 0. The van der Waals surface area contributed by atoms with Crippen LogP contribution in [0.5, 0.6) is 0 Å². The topological polar surface area (TPSA) is 131 Å². The van der Waals surface area contributed by atoms with Crippen molar-refractivity contribution in [3.8, 4) is 0 Å². The van der Waals surface area contributed by atoms with Crippen LogP contribution < -0.4 is 10.5 Å². The van der Waals surface area contributed by atoms with E-state index in [1.54, 1.807) is 4.57 Å². The summed E-state index contributed by atoms with van der Waals surface area (Å²) in [6.45, 7) is 3.50. The average molecular weight is 385 g/mol. The normalized spacial score (nSPS) is 25.8. The Morgan fingerprint density at radius 3 is 2.96 bits per heavy atom. The van der Waals surface area contributed by atoms with Gasteiger partial charge >= 0.3 is 0 Å². The number of fused-ring (bicyclic) bond motifs is 1. The fourth-order valence-electron chi connectivity index (χ4n) is 3.03. The molecule has 1 N–H and O–H groups in total. The van der Waals surface area contributed by atoms with Crippen LogP contribution in [0.3, 0.4) is 0 Å². The van der Waals surface area contributed by atoms with Crippen molar-refractivity contribution < 1.29 is 23.5 Å². The van der Waals surface area contributed by atoms with Gasteiger partial charge < -0.3 is 28.4 Å². The maximum atomic E-state index is 12.0. The third-order valence-corrected chi connectivity index (χ3v) is 5.90. The van der Waals surface area contributed by atoms with Crippen molar-refractivity contribution in [3.63, 3.8) is 0 Å². The quantitative estimate of drug-likeness (QED) is 0.687. The molecule has 3 rings (SSSR count). The van der Waals surface area contributed by atoms with Gasteiger partial charge in [0.1, 0.15) is 19.9 Å². The molecule has 1 fully saturated rings. The number of H-pyrrole nitrogens is 1. The monoisotopic (exact) mass is 385 g/mol. The van der Waals surface area contributed by atoms with E-state index in [2.05, 4.69) is 15.0 Å². The van der Waals surface area contributed by atoms with Gasteiger partial charge in [-0.1, -0.05) is 13.8 Å². The van der Waals surface area contributed by atoms with Crippen LogP contribution in [0, 0.1) is 5.92 Å². The van der Waals surface area contributed by atoms with Gasteiger partial charge in [-0.3, -0.25) is 9.36 Å². The van der Waals surface area contributed by atoms with E-state index < -0.39 is 19.9 Å². The van der Waals surface area contributed by atoms with Crippen molar-refractivity contribution in [2.45, 2.75) is 38.7 Å². The van der Waals surface area contributed by atoms with E-state index in [0.29, 0.717) is 12.1 Å². The van der Waals surface area contributed by atoms with Crippen LogP contribution in [0.15, 0.2) is 17.4 Å². The minimum absolute atomic E-state index is 0.0183. The van der Waals surface area contributed by atoms with E-state index in [1.165, 1.54) is 19.8 Å². The molecule has 1 aliphatic rings. The van der Waals surface area contributed by atoms with Gasteiger partial charge in [-0.2, -0.15) is 0 Å². The van der Waals surface area contributed by atoms with Crippen LogP contribution in [0.25, 0.3) is 11.2 Å². The average Bonchev–Trinajstić information content (AvgIpc) is 3.16. The fourth-order valence-corrected chi connectivity index (χ4v) is 4.40. The summed E-state index contributed by atoms with van der Waals surface area (Å²) < 4.78 is 30.1. The molecular weight excluding hydrogens is 363 g/mol. The van der Waals surface area contributed by atoms with E-state index in [1.807, 2.05) is 13.8 Å². The number of ether oxygens (including phenoxy) is 2. The van der Waals surface area contributed by atoms with Crippen molar-refractivity contribution in [1.82, 2.24) is 19.5 Å². The first-order valence-electron chi connectivity index (χ1n) is 8.34. The smallest absolute Gasteiger partial charge is 0.278 e. The second-order valence-corrected chi connectivity index (χ2v) is 8.52. The Labute approximate surface area is 150 Å². The first-order chi connectivity index (χ1) is 12.3. The third-order valence-electron chi connectivity index (χ3n) is 4.18. The molecule has 0 aromatic carbocycles. The molecule has 2 aromatic heterocycles. The Bertz CT molecular complexity index is 865. The molecule has 4 atom stereocenters. The van der Waals surface area contributed by atoms with E-state index in [0.717, 1.165) is 0 Å². The number of hydrogen-bond donors (Lipinski definition) is 1. The lowest BCUT2D eigenvalue weighted by atomic mass is 10.2. The fraction of sp³-hybridized carbons (Fsp3) is 0.667. The van der Waals surface area contributed by atoms with Crippen molar-refractivity contribution in [2.24, 2.45) is 5.92 Å². The number of imidazole rings is 1. The maximum absolute atomic E-state index is 12.0. The Hall–Kier alpha value is -1.58. The number of hydrogen-bond acceptors (Lipinski definition) is 8. The predicted molar refractivity (Wildman–Crippen MR) is 90.7 cm³/mol. The number of aromatic amines is 1. The number of rotatable bonds is 7. The van der Waals surface area contributed by atoms with E-state index in [9.17, 15) is 14.3 Å². The molecule has 0 radical (unpaired) electrons. The molecule has 2 aromatic rings. The molecule has 0 saturated carbocycles. The van der Waals surface area contributed by atoms with Crippen molar-refractivity contribution in [1.29, 1.82) is 0 Å². The van der Waals surface area contributed by atoms with Crippen LogP contribution in [0.4, 0.5) is 0 Å². The summed E-state index contributed by atoms with van der Waals surface area (Å²) in [5, 5.41) is 0. The summed E-state index contributed by atoms with van der Waals surface area (Å²) in [5.74, 6) is -0.0183. The van der Waals surface area contributed by atoms with E-state index in [4.69, 9.17) is 14.0 Å². The second kappa shape index (κ2) is 7.58. The highest BCUT2D eigenvalue weighted by Crippen LogP contribution is 2.41. The predicted octanol–water partition coefficient (Wildman–Crippen LogP) is 0.648. The van der Waals surface area contributed by atoms with Crippen LogP contribution in [0.2, 0.25) is 0 Å². The Kier molecular flexibility index (Phi) is 5.59. The number of nitrogens with one attached hydrogen (secondary N) is 1. The molecule has 1 saturated heterocycles. The third kappa shape index (κ3) is 4.05. The van der Waals surface area contributed by atoms with E-state index >= 15 is 0 Å². The van der Waals surface area contributed by atoms with Gasteiger partial charge in [0.25, 0.3) is 5.56 Å². The summed E-state index contributed by atoms with van der Waals surface area (Å²) in [6.07, 6.45) is 1.81. The first kappa shape index (κ1) is 19.2. The van der Waals surface area contributed by atoms with Crippen LogP contribution in [-0.2, 0) is 18.6 Å². The SMILES string of the molecule is COC1C[C@H](n2cnc3c(=O)[nH]cnc32)O[C@@H]1COP(=O)([O-])CC(C)C. The van der Waals surface area contributed by atoms with Gasteiger partial charge in [-0.05, 0) is 5.92 Å². The van der Waals surface area contributed by atoms with Crippen molar-refractivity contribution >= 4 is 18.8 Å². The molecule has 0 aliphatic carbocycles. The lowest BCUT2D eigenvalue weighted by Crippen LogP contribution is -2.29. The van der Waals surface area contributed by atoms with Gasteiger partial charge in [0, 0.05) is 19.7 Å². The van der Waals surface area contributed by atoms with Gasteiger partial charge in [-0.15, -0.1) is 0 Å². The molecule has 0 amide bonds. The van der Waals surface area contributed by atoms with Crippen molar-refractivity contribution in [2.75, 3.05) is 19.9 Å². The summed E-state index contributed by atoms with van der Waals surface area (Å²) in [5.41, 5.74) is 0.270. The Balaban J connectivity index is 1.73. The lowest BCUT2D eigenvalue weighted by molar-refractivity contribution is -0.202. The van der Waals surface area contributed by atoms with Gasteiger partial charge in [0.05, 0.1) is 25.4 Å². The van der Waals surface area contributed by atoms with E-state index in [-0.39, 0.29) is 35.9 Å². The molecule has 26 heavy (non-hydrogen) atoms. The second-order valence-electron chi connectivity index (χ2n) is 6.68. The largest absolute Gasteiger partial charge is 0.778 e. The minimum atomic E-state index is -3.93. The van der Waals surface area contributed by atoms with Crippen molar-refractivity contribution in [3.05, 3.63) is 23.0 Å². The van der Waals surface area contributed by atoms with Gasteiger partial charge in [0.2, 0.25) is 0 Å². The van der Waals surface area contributed by atoms with Crippen LogP contribution >= 0.6 is 7.60 Å². The standard InChI is InChI=1S/C15H23N4O6P/c1-9(2)6-26(21,22)24-5-11-10(23-3)4-12(25-11)19-8-18-13-14(19)16-7-17-15(13)20/h7-12H,4-6H2,1-3H3,(H,21,22)(H,16,17,20)/p-1/t10?,11-,12-/m1/s1. The number of aromatic nitrogens is 4. The molecule has 10 nitrogen and oxygen atoms in total. The van der Waals surface area contributed by atoms with Crippen LogP contribution in [0.1, 0.15) is 26.5 Å². The van der Waals surface area contributed by atoms with Crippen LogP contribution in [-0.4, -0.2) is 51.6 Å². The Morgan fingerprint density at radius 2 is 2.27 bits per heavy atom. The van der Waals surface area contributed by atoms with Gasteiger partial charge in [-0.25, -0.2) is 9.97 Å². The highest BCUT2D eigenvalue weighted by molar-refractivity contribution is 7.51. The molecule has 2 unspecified atom stereocenters. The lowest BCUT2D eigenvalue weighted by Gasteiger charge is -2.27. The molecule has 3 heterocycles. The summed E-state index contributed by atoms with van der Waals surface area (Å²) in [7, 11) is -2.40. The minimum Gasteiger partial charge on any atom is -0.778 e. The molecule has 11 heteroatoms. The highest BCUT2D eigenvalue weighted by Gasteiger charge is 2.38. The summed E-state index contributed by atoms with van der Waals surface area (Å²) in [4.78, 5) is 34.4. The zero-order chi connectivity index (χ0) is 18.9. The van der Waals surface area contributed by atoms with Gasteiger partial charge in [0.15, 0.2) is 11.2 Å². The zero-order valence-electron chi connectivity index (χ0n) is 14.8. The maximum Gasteiger partial charge on any atom is 0.278 e. The number of methoxy groups -OCH3 is 1. The number of nitrogens with zero attached hydrogens (tertiary/aromatic N) is 3. The summed E-state index contributed by atoms with van der Waals surface area (Å²) >= 11 is 0. The first-order valence-corrected chi connectivity index (χ1v) is 10.1. The molecule has 1 aliphatic heterocycles. The molecule has 0 spiro atoms. The molecule has 0 bridgehead atoms.